The standard InChI is InChI=1S/C17H25Br/c1-11-9-12(2)15(13(3)10-11)16(18)14-7-6-8-17(14,4)5/h9-10,14,16H,6-8H2,1-5H3. The fourth-order valence-corrected chi connectivity index (χ4v) is 5.43. The zero-order valence-corrected chi connectivity index (χ0v) is 13.9. The van der Waals surface area contributed by atoms with Crippen molar-refractivity contribution in [2.45, 2.75) is 58.7 Å². The first-order valence-electron chi connectivity index (χ1n) is 7.05. The minimum absolute atomic E-state index is 0.470. The predicted molar refractivity (Wildman–Crippen MR) is 83.4 cm³/mol. The number of halogens is 1. The van der Waals surface area contributed by atoms with E-state index in [1.807, 2.05) is 0 Å². The molecule has 1 heteroatoms. The average Bonchev–Trinajstić information content (AvgIpc) is 2.56. The maximum atomic E-state index is 4.01. The highest BCUT2D eigenvalue weighted by Crippen LogP contribution is 2.52. The molecular weight excluding hydrogens is 284 g/mol. The van der Waals surface area contributed by atoms with Crippen LogP contribution in [0.3, 0.4) is 0 Å². The molecule has 1 saturated carbocycles. The van der Waals surface area contributed by atoms with Crippen LogP contribution in [0.15, 0.2) is 12.1 Å². The third kappa shape index (κ3) is 2.52. The third-order valence-corrected chi connectivity index (χ3v) is 5.80. The van der Waals surface area contributed by atoms with Crippen molar-refractivity contribution in [3.8, 4) is 0 Å². The molecular formula is C17H25Br. The van der Waals surface area contributed by atoms with E-state index in [0.29, 0.717) is 10.2 Å². The van der Waals surface area contributed by atoms with Gasteiger partial charge in [0.1, 0.15) is 0 Å². The van der Waals surface area contributed by atoms with Gasteiger partial charge in [0.2, 0.25) is 0 Å². The lowest BCUT2D eigenvalue weighted by Gasteiger charge is -2.33. The molecule has 0 amide bonds. The Balaban J connectivity index is 2.37. The summed E-state index contributed by atoms with van der Waals surface area (Å²) in [6.45, 7) is 11.6. The van der Waals surface area contributed by atoms with Crippen molar-refractivity contribution in [3.05, 3.63) is 34.4 Å². The van der Waals surface area contributed by atoms with Crippen LogP contribution in [0.4, 0.5) is 0 Å². The Hall–Kier alpha value is -0.300. The van der Waals surface area contributed by atoms with Gasteiger partial charge < -0.3 is 0 Å². The molecule has 1 aromatic carbocycles. The van der Waals surface area contributed by atoms with Crippen LogP contribution in [0.25, 0.3) is 0 Å². The van der Waals surface area contributed by atoms with Crippen molar-refractivity contribution in [2.75, 3.05) is 0 Å². The predicted octanol–water partition coefficient (Wildman–Crippen LogP) is 5.87. The number of aryl methyl sites for hydroxylation is 3. The largest absolute Gasteiger partial charge is 0.0835 e. The summed E-state index contributed by atoms with van der Waals surface area (Å²) in [5, 5.41) is 0. The minimum Gasteiger partial charge on any atom is -0.0835 e. The van der Waals surface area contributed by atoms with Crippen molar-refractivity contribution in [3.63, 3.8) is 0 Å². The van der Waals surface area contributed by atoms with E-state index in [4.69, 9.17) is 0 Å². The summed E-state index contributed by atoms with van der Waals surface area (Å²) >= 11 is 4.01. The topological polar surface area (TPSA) is 0 Å². The summed E-state index contributed by atoms with van der Waals surface area (Å²) < 4.78 is 0. The summed E-state index contributed by atoms with van der Waals surface area (Å²) in [6.07, 6.45) is 4.10. The van der Waals surface area contributed by atoms with Crippen LogP contribution in [-0.4, -0.2) is 0 Å². The fraction of sp³-hybridized carbons (Fsp3) is 0.647. The first kappa shape index (κ1) is 14.1. The highest BCUT2D eigenvalue weighted by Gasteiger charge is 2.39. The van der Waals surface area contributed by atoms with Crippen LogP contribution in [0.1, 0.15) is 60.2 Å². The Bertz CT molecular complexity index is 422. The number of hydrogen-bond donors (Lipinski definition) is 0. The summed E-state index contributed by atoms with van der Waals surface area (Å²) in [5.74, 6) is 0.762. The molecule has 2 unspecified atom stereocenters. The second kappa shape index (κ2) is 5.00. The number of rotatable bonds is 2. The molecule has 100 valence electrons. The van der Waals surface area contributed by atoms with Crippen LogP contribution in [0.5, 0.6) is 0 Å². The lowest BCUT2D eigenvalue weighted by Crippen LogP contribution is -2.22. The van der Waals surface area contributed by atoms with Crippen molar-refractivity contribution >= 4 is 15.9 Å². The van der Waals surface area contributed by atoms with E-state index in [1.54, 1.807) is 0 Å². The van der Waals surface area contributed by atoms with E-state index < -0.39 is 0 Å². The normalized spacial score (nSPS) is 24.2. The molecule has 0 N–H and O–H groups in total. The summed E-state index contributed by atoms with van der Waals surface area (Å²) in [6, 6.07) is 4.64. The Labute approximate surface area is 120 Å². The van der Waals surface area contributed by atoms with Gasteiger partial charge in [0, 0.05) is 4.83 Å². The first-order valence-corrected chi connectivity index (χ1v) is 7.96. The summed E-state index contributed by atoms with van der Waals surface area (Å²) in [7, 11) is 0. The van der Waals surface area contributed by atoms with Gasteiger partial charge in [-0.1, -0.05) is 53.9 Å². The number of alkyl halides is 1. The molecule has 0 aliphatic heterocycles. The van der Waals surface area contributed by atoms with Crippen molar-refractivity contribution in [1.29, 1.82) is 0 Å². The van der Waals surface area contributed by atoms with Gasteiger partial charge in [-0.25, -0.2) is 0 Å². The van der Waals surface area contributed by atoms with Crippen LogP contribution in [0.2, 0.25) is 0 Å². The summed E-state index contributed by atoms with van der Waals surface area (Å²) in [5.41, 5.74) is 6.26. The van der Waals surface area contributed by atoms with Crippen molar-refractivity contribution in [2.24, 2.45) is 11.3 Å². The third-order valence-electron chi connectivity index (χ3n) is 4.71. The van der Waals surface area contributed by atoms with E-state index in [9.17, 15) is 0 Å². The SMILES string of the molecule is Cc1cc(C)c(C(Br)C2CCCC2(C)C)c(C)c1. The van der Waals surface area contributed by atoms with Gasteiger partial charge in [-0.15, -0.1) is 0 Å². The van der Waals surface area contributed by atoms with E-state index >= 15 is 0 Å². The molecule has 0 nitrogen and oxygen atoms in total. The van der Waals surface area contributed by atoms with Crippen LogP contribution < -0.4 is 0 Å². The highest BCUT2D eigenvalue weighted by atomic mass is 79.9. The molecule has 0 radical (unpaired) electrons. The zero-order chi connectivity index (χ0) is 13.5. The van der Waals surface area contributed by atoms with Crippen molar-refractivity contribution < 1.29 is 0 Å². The van der Waals surface area contributed by atoms with E-state index in [-0.39, 0.29) is 0 Å². The van der Waals surface area contributed by atoms with Crippen molar-refractivity contribution in [1.82, 2.24) is 0 Å². The molecule has 0 bridgehead atoms. The molecule has 18 heavy (non-hydrogen) atoms. The van der Waals surface area contributed by atoms with Gasteiger partial charge in [-0.05, 0) is 61.6 Å². The van der Waals surface area contributed by atoms with Crippen LogP contribution >= 0.6 is 15.9 Å². The first-order chi connectivity index (χ1) is 8.33. The molecule has 1 aromatic rings. The maximum absolute atomic E-state index is 4.01. The van der Waals surface area contributed by atoms with Gasteiger partial charge >= 0.3 is 0 Å². The lowest BCUT2D eigenvalue weighted by molar-refractivity contribution is 0.256. The Morgan fingerprint density at radius 3 is 2.17 bits per heavy atom. The number of hydrogen-bond acceptors (Lipinski definition) is 0. The lowest BCUT2D eigenvalue weighted by atomic mass is 9.77. The zero-order valence-electron chi connectivity index (χ0n) is 12.3. The molecule has 1 fully saturated rings. The van der Waals surface area contributed by atoms with Gasteiger partial charge in [-0.3, -0.25) is 0 Å². The maximum Gasteiger partial charge on any atom is 0.0433 e. The molecule has 0 heterocycles. The van der Waals surface area contributed by atoms with Gasteiger partial charge in [0.25, 0.3) is 0 Å². The van der Waals surface area contributed by atoms with E-state index in [1.165, 1.54) is 41.5 Å². The second-order valence-electron chi connectivity index (χ2n) is 6.70. The van der Waals surface area contributed by atoms with E-state index in [2.05, 4.69) is 62.7 Å². The Morgan fingerprint density at radius 1 is 1.17 bits per heavy atom. The quantitative estimate of drug-likeness (QED) is 0.599. The molecule has 1 aliphatic carbocycles. The monoisotopic (exact) mass is 308 g/mol. The molecule has 2 atom stereocenters. The Kier molecular flexibility index (Phi) is 3.92. The van der Waals surface area contributed by atoms with Crippen LogP contribution in [-0.2, 0) is 0 Å². The van der Waals surface area contributed by atoms with Crippen LogP contribution in [0, 0.1) is 32.1 Å². The van der Waals surface area contributed by atoms with E-state index in [0.717, 1.165) is 5.92 Å². The number of benzene rings is 1. The average molecular weight is 309 g/mol. The minimum atomic E-state index is 0.470. The second-order valence-corrected chi connectivity index (χ2v) is 7.69. The smallest absolute Gasteiger partial charge is 0.0433 e. The molecule has 0 saturated heterocycles. The summed E-state index contributed by atoms with van der Waals surface area (Å²) in [4.78, 5) is 0.510. The fourth-order valence-electron chi connectivity index (χ4n) is 3.72. The van der Waals surface area contributed by atoms with Gasteiger partial charge in [0.15, 0.2) is 0 Å². The molecule has 0 spiro atoms. The molecule has 2 rings (SSSR count). The highest BCUT2D eigenvalue weighted by molar-refractivity contribution is 9.09. The molecule has 1 aliphatic rings. The molecule has 0 aromatic heterocycles. The van der Waals surface area contributed by atoms with Gasteiger partial charge in [0.05, 0.1) is 0 Å². The van der Waals surface area contributed by atoms with Gasteiger partial charge in [-0.2, -0.15) is 0 Å². The Morgan fingerprint density at radius 2 is 1.72 bits per heavy atom.